The van der Waals surface area contributed by atoms with Crippen molar-refractivity contribution in [1.29, 1.82) is 0 Å². The average Bonchev–Trinajstić information content (AvgIpc) is 2.42. The van der Waals surface area contributed by atoms with Gasteiger partial charge in [0.25, 0.3) is 0 Å². The summed E-state index contributed by atoms with van der Waals surface area (Å²) in [6.45, 7) is 1.10. The van der Waals surface area contributed by atoms with E-state index in [1.807, 2.05) is 36.4 Å². The summed E-state index contributed by atoms with van der Waals surface area (Å²) in [6.07, 6.45) is 1.25. The summed E-state index contributed by atoms with van der Waals surface area (Å²) in [7, 11) is -1.26. The van der Waals surface area contributed by atoms with Crippen LogP contribution in [0.5, 0.6) is 5.75 Å². The van der Waals surface area contributed by atoms with Crippen LogP contribution in [0.3, 0.4) is 0 Å². The molecular weight excluding hydrogens is 274 g/mol. The largest absolute Gasteiger partial charge is 0.496 e. The number of hydrogen-bond acceptors (Lipinski definition) is 4. The van der Waals surface area contributed by atoms with Gasteiger partial charge in [0.05, 0.1) is 12.9 Å². The first-order chi connectivity index (χ1) is 9.51. The summed E-state index contributed by atoms with van der Waals surface area (Å²) in [5, 5.41) is 5.36. The first kappa shape index (κ1) is 14.8. The molecule has 0 bridgehead atoms. The monoisotopic (exact) mass is 293 g/mol. The number of hydrogen-bond donors (Lipinski definition) is 1. The molecule has 0 aliphatic rings. The number of rotatable bonds is 6. The van der Waals surface area contributed by atoms with Gasteiger partial charge in [-0.1, -0.05) is 30.3 Å². The van der Waals surface area contributed by atoms with Gasteiger partial charge in [0.15, 0.2) is 0 Å². The minimum Gasteiger partial charge on any atom is -0.496 e. The van der Waals surface area contributed by atoms with Crippen LogP contribution in [0.4, 0.5) is 0 Å². The molecule has 108 valence electrons. The summed E-state index contributed by atoms with van der Waals surface area (Å²) in [6, 6.07) is 12.0. The van der Waals surface area contributed by atoms with Crippen LogP contribution in [0.1, 0.15) is 5.56 Å². The van der Waals surface area contributed by atoms with Gasteiger partial charge in [-0.2, -0.15) is 0 Å². The molecule has 0 aliphatic heterocycles. The van der Waals surface area contributed by atoms with E-state index in [0.29, 0.717) is 13.1 Å². The highest BCUT2D eigenvalue weighted by Crippen LogP contribution is 2.28. The molecule has 1 N–H and O–H groups in total. The van der Waals surface area contributed by atoms with Crippen LogP contribution in [0.15, 0.2) is 36.4 Å². The van der Waals surface area contributed by atoms with Crippen molar-refractivity contribution in [2.75, 3.05) is 25.7 Å². The highest BCUT2D eigenvalue weighted by molar-refractivity contribution is 7.90. The van der Waals surface area contributed by atoms with E-state index in [-0.39, 0.29) is 5.75 Å². The molecule has 0 heterocycles. The lowest BCUT2D eigenvalue weighted by molar-refractivity contribution is 0.419. The summed E-state index contributed by atoms with van der Waals surface area (Å²) in [5.74, 6) is 1.00. The second kappa shape index (κ2) is 6.24. The Balaban J connectivity index is 2.15. The van der Waals surface area contributed by atoms with Crippen molar-refractivity contribution in [2.45, 2.75) is 6.54 Å². The second-order valence-electron chi connectivity index (χ2n) is 4.78. The average molecular weight is 293 g/mol. The Kier molecular flexibility index (Phi) is 4.62. The fourth-order valence-electron chi connectivity index (χ4n) is 2.15. The molecule has 0 spiro atoms. The van der Waals surface area contributed by atoms with Crippen molar-refractivity contribution < 1.29 is 13.2 Å². The lowest BCUT2D eigenvalue weighted by Crippen LogP contribution is -2.22. The highest BCUT2D eigenvalue weighted by atomic mass is 32.2. The van der Waals surface area contributed by atoms with Crippen molar-refractivity contribution >= 4 is 20.6 Å². The molecule has 2 aromatic carbocycles. The molecule has 0 fully saturated rings. The van der Waals surface area contributed by atoms with E-state index in [1.165, 1.54) is 6.26 Å². The Morgan fingerprint density at radius 3 is 2.45 bits per heavy atom. The molecule has 5 heteroatoms. The highest BCUT2D eigenvalue weighted by Gasteiger charge is 2.06. The fourth-order valence-corrected chi connectivity index (χ4v) is 2.66. The molecule has 0 unspecified atom stereocenters. The number of fused-ring (bicyclic) bond motifs is 1. The Labute approximate surface area is 119 Å². The molecule has 0 saturated heterocycles. The zero-order valence-corrected chi connectivity index (χ0v) is 12.5. The van der Waals surface area contributed by atoms with Crippen LogP contribution in [0.25, 0.3) is 10.8 Å². The topological polar surface area (TPSA) is 55.4 Å². The third-order valence-electron chi connectivity index (χ3n) is 3.16. The molecule has 20 heavy (non-hydrogen) atoms. The number of methoxy groups -OCH3 is 1. The lowest BCUT2D eigenvalue weighted by atomic mass is 10.0. The lowest BCUT2D eigenvalue weighted by Gasteiger charge is -2.11. The van der Waals surface area contributed by atoms with Crippen molar-refractivity contribution in [2.24, 2.45) is 0 Å². The van der Waals surface area contributed by atoms with Crippen molar-refractivity contribution in [1.82, 2.24) is 5.32 Å². The van der Waals surface area contributed by atoms with Crippen molar-refractivity contribution in [3.05, 3.63) is 42.0 Å². The van der Waals surface area contributed by atoms with Gasteiger partial charge in [-0.15, -0.1) is 0 Å². The Morgan fingerprint density at radius 1 is 1.10 bits per heavy atom. The van der Waals surface area contributed by atoms with Gasteiger partial charge in [-0.25, -0.2) is 8.42 Å². The van der Waals surface area contributed by atoms with Crippen LogP contribution in [0, 0.1) is 0 Å². The SMILES string of the molecule is COc1ccc(CNCCS(C)(=O)=O)c2ccccc12. The summed E-state index contributed by atoms with van der Waals surface area (Å²) >= 11 is 0. The van der Waals surface area contributed by atoms with Gasteiger partial charge in [0, 0.05) is 24.7 Å². The van der Waals surface area contributed by atoms with Crippen LogP contribution >= 0.6 is 0 Å². The van der Waals surface area contributed by atoms with Gasteiger partial charge in [-0.3, -0.25) is 0 Å². The Morgan fingerprint density at radius 2 is 1.80 bits per heavy atom. The predicted molar refractivity (Wildman–Crippen MR) is 81.9 cm³/mol. The van der Waals surface area contributed by atoms with Crippen molar-refractivity contribution in [3.8, 4) is 5.75 Å². The van der Waals surface area contributed by atoms with Crippen LogP contribution in [0.2, 0.25) is 0 Å². The minimum atomic E-state index is -2.91. The van der Waals surface area contributed by atoms with E-state index < -0.39 is 9.84 Å². The van der Waals surface area contributed by atoms with Crippen LogP contribution in [-0.2, 0) is 16.4 Å². The van der Waals surface area contributed by atoms with E-state index in [4.69, 9.17) is 4.74 Å². The van der Waals surface area contributed by atoms with Gasteiger partial charge in [0.2, 0.25) is 0 Å². The molecule has 0 aliphatic carbocycles. The number of ether oxygens (including phenoxy) is 1. The first-order valence-corrected chi connectivity index (χ1v) is 8.50. The van der Waals surface area contributed by atoms with E-state index in [1.54, 1.807) is 7.11 Å². The van der Waals surface area contributed by atoms with Crippen LogP contribution in [-0.4, -0.2) is 34.1 Å². The first-order valence-electron chi connectivity index (χ1n) is 6.44. The van der Waals surface area contributed by atoms with Crippen molar-refractivity contribution in [3.63, 3.8) is 0 Å². The predicted octanol–water partition coefficient (Wildman–Crippen LogP) is 1.98. The third kappa shape index (κ3) is 3.71. The zero-order valence-electron chi connectivity index (χ0n) is 11.7. The fraction of sp³-hybridized carbons (Fsp3) is 0.333. The van der Waals surface area contributed by atoms with Gasteiger partial charge < -0.3 is 10.1 Å². The van der Waals surface area contributed by atoms with Gasteiger partial charge >= 0.3 is 0 Å². The van der Waals surface area contributed by atoms with E-state index in [9.17, 15) is 8.42 Å². The Bertz CT molecular complexity index is 695. The normalized spacial score (nSPS) is 11.7. The second-order valence-corrected chi connectivity index (χ2v) is 7.04. The van der Waals surface area contributed by atoms with E-state index >= 15 is 0 Å². The third-order valence-corrected chi connectivity index (χ3v) is 4.11. The summed E-state index contributed by atoms with van der Waals surface area (Å²) in [5.41, 5.74) is 1.13. The maximum Gasteiger partial charge on any atom is 0.148 e. The van der Waals surface area contributed by atoms with E-state index in [0.717, 1.165) is 22.1 Å². The zero-order chi connectivity index (χ0) is 14.6. The molecule has 2 aromatic rings. The van der Waals surface area contributed by atoms with E-state index in [2.05, 4.69) is 5.32 Å². The number of nitrogens with one attached hydrogen (secondary N) is 1. The smallest absolute Gasteiger partial charge is 0.148 e. The molecular formula is C15H19NO3S. The quantitative estimate of drug-likeness (QED) is 0.828. The molecule has 4 nitrogen and oxygen atoms in total. The summed E-state index contributed by atoms with van der Waals surface area (Å²) < 4.78 is 27.5. The molecule has 2 rings (SSSR count). The maximum atomic E-state index is 11.1. The molecule has 0 atom stereocenters. The minimum absolute atomic E-state index is 0.154. The molecule has 0 saturated carbocycles. The number of sulfone groups is 1. The summed E-state index contributed by atoms with van der Waals surface area (Å²) in [4.78, 5) is 0. The standard InChI is InChI=1S/C15H19NO3S/c1-19-15-8-7-12(11-16-9-10-20(2,17)18)13-5-3-4-6-14(13)15/h3-8,16H,9-11H2,1-2H3. The number of benzene rings is 2. The maximum absolute atomic E-state index is 11.1. The Hall–Kier alpha value is -1.59. The van der Waals surface area contributed by atoms with Gasteiger partial charge in [0.1, 0.15) is 15.6 Å². The van der Waals surface area contributed by atoms with Gasteiger partial charge in [-0.05, 0) is 17.0 Å². The van der Waals surface area contributed by atoms with Crippen LogP contribution < -0.4 is 10.1 Å². The molecule has 0 aromatic heterocycles. The molecule has 0 amide bonds. The molecule has 0 radical (unpaired) electrons.